The molecule has 2 aromatic rings. The molecule has 0 spiro atoms. The van der Waals surface area contributed by atoms with Gasteiger partial charge in [0.2, 0.25) is 0 Å². The van der Waals surface area contributed by atoms with Crippen molar-refractivity contribution >= 4 is 27.7 Å². The normalized spacial score (nSPS) is 15.8. The molecule has 1 saturated heterocycles. The summed E-state index contributed by atoms with van der Waals surface area (Å²) in [6, 6.07) is 12.5. The van der Waals surface area contributed by atoms with E-state index in [2.05, 4.69) is 47.6 Å². The van der Waals surface area contributed by atoms with Crippen molar-refractivity contribution in [3.63, 3.8) is 0 Å². The maximum Gasteiger partial charge on any atom is 0.276 e. The van der Waals surface area contributed by atoms with Crippen molar-refractivity contribution in [3.05, 3.63) is 58.1 Å². The number of hydrogen-bond acceptors (Lipinski definition) is 5. The van der Waals surface area contributed by atoms with Gasteiger partial charge in [-0.15, -0.1) is 0 Å². The van der Waals surface area contributed by atoms with Gasteiger partial charge in [-0.05, 0) is 76.1 Å². The van der Waals surface area contributed by atoms with Crippen molar-refractivity contribution in [3.8, 4) is 11.5 Å². The second kappa shape index (κ2) is 10.8. The Hall–Kier alpha value is -2.58. The van der Waals surface area contributed by atoms with Gasteiger partial charge in [0.05, 0.1) is 10.6 Å². The van der Waals surface area contributed by atoms with E-state index in [1.54, 1.807) is 24.3 Å². The highest BCUT2D eigenvalue weighted by Gasteiger charge is 2.17. The number of rotatable bonds is 7. The van der Waals surface area contributed by atoms with E-state index in [-0.39, 0.29) is 18.1 Å². The SMILES string of the molecule is CC(C)(C)c1ccc(OCC(=O)NNC(=O)c2ccc(OCC3CCCO3)cc2)c(Br)c1. The standard InChI is InChI=1S/C24H29BrN2O5/c1-24(2,3)17-8-11-21(20(25)13-17)32-15-22(28)26-27-23(29)16-6-9-18(10-7-16)31-14-19-5-4-12-30-19/h6-11,13,19H,4-5,12,14-15H2,1-3H3,(H,26,28)(H,27,29). The molecule has 2 amide bonds. The van der Waals surface area contributed by atoms with Crippen LogP contribution in [-0.2, 0) is 14.9 Å². The minimum Gasteiger partial charge on any atom is -0.491 e. The smallest absolute Gasteiger partial charge is 0.276 e. The summed E-state index contributed by atoms with van der Waals surface area (Å²) in [5.41, 5.74) is 6.30. The molecular formula is C24H29BrN2O5. The van der Waals surface area contributed by atoms with Crippen LogP contribution in [0.15, 0.2) is 46.9 Å². The largest absolute Gasteiger partial charge is 0.491 e. The lowest BCUT2D eigenvalue weighted by atomic mass is 9.87. The van der Waals surface area contributed by atoms with Crippen LogP contribution >= 0.6 is 15.9 Å². The Labute approximate surface area is 196 Å². The van der Waals surface area contributed by atoms with Gasteiger partial charge in [0.25, 0.3) is 11.8 Å². The fourth-order valence-corrected chi connectivity index (χ4v) is 3.62. The highest BCUT2D eigenvalue weighted by atomic mass is 79.9. The molecule has 0 aliphatic carbocycles. The summed E-state index contributed by atoms with van der Waals surface area (Å²) >= 11 is 3.47. The minimum absolute atomic E-state index is 0.0113. The number of nitrogens with one attached hydrogen (secondary N) is 2. The highest BCUT2D eigenvalue weighted by molar-refractivity contribution is 9.10. The zero-order valence-corrected chi connectivity index (χ0v) is 20.2. The van der Waals surface area contributed by atoms with E-state index in [0.717, 1.165) is 29.5 Å². The topological polar surface area (TPSA) is 85.9 Å². The number of ether oxygens (including phenoxy) is 3. The van der Waals surface area contributed by atoms with Gasteiger partial charge in [-0.3, -0.25) is 20.4 Å². The molecule has 1 atom stereocenters. The molecule has 0 radical (unpaired) electrons. The van der Waals surface area contributed by atoms with Crippen LogP contribution in [0.2, 0.25) is 0 Å². The first-order chi connectivity index (χ1) is 15.2. The van der Waals surface area contributed by atoms with E-state index in [4.69, 9.17) is 14.2 Å². The monoisotopic (exact) mass is 504 g/mol. The predicted molar refractivity (Wildman–Crippen MR) is 125 cm³/mol. The molecule has 172 valence electrons. The average molecular weight is 505 g/mol. The third kappa shape index (κ3) is 6.97. The number of carbonyl (C=O) groups is 2. The first-order valence-corrected chi connectivity index (χ1v) is 11.4. The molecule has 2 N–H and O–H groups in total. The third-order valence-electron chi connectivity index (χ3n) is 5.05. The van der Waals surface area contributed by atoms with Crippen molar-refractivity contribution in [1.29, 1.82) is 0 Å². The van der Waals surface area contributed by atoms with Crippen LogP contribution in [0.1, 0.15) is 49.5 Å². The third-order valence-corrected chi connectivity index (χ3v) is 5.67. The summed E-state index contributed by atoms with van der Waals surface area (Å²) < 4.78 is 17.5. The quantitative estimate of drug-likeness (QED) is 0.553. The zero-order valence-electron chi connectivity index (χ0n) is 18.6. The summed E-state index contributed by atoms with van der Waals surface area (Å²) in [5.74, 6) is 0.317. The van der Waals surface area contributed by atoms with Gasteiger partial charge in [0, 0.05) is 12.2 Å². The molecule has 0 saturated carbocycles. The van der Waals surface area contributed by atoms with E-state index in [9.17, 15) is 9.59 Å². The van der Waals surface area contributed by atoms with E-state index in [1.807, 2.05) is 18.2 Å². The average Bonchev–Trinajstić information content (AvgIpc) is 3.28. The van der Waals surface area contributed by atoms with Crippen LogP contribution in [0.3, 0.4) is 0 Å². The molecule has 32 heavy (non-hydrogen) atoms. The van der Waals surface area contributed by atoms with Gasteiger partial charge in [-0.1, -0.05) is 26.8 Å². The number of carbonyl (C=O) groups excluding carboxylic acids is 2. The van der Waals surface area contributed by atoms with Crippen LogP contribution in [0, 0.1) is 0 Å². The molecule has 0 bridgehead atoms. The van der Waals surface area contributed by atoms with Crippen LogP contribution in [0.25, 0.3) is 0 Å². The minimum atomic E-state index is -0.471. The molecule has 7 nitrogen and oxygen atoms in total. The summed E-state index contributed by atoms with van der Waals surface area (Å²) in [5, 5.41) is 0. The van der Waals surface area contributed by atoms with Crippen LogP contribution in [0.5, 0.6) is 11.5 Å². The maximum atomic E-state index is 12.3. The molecule has 8 heteroatoms. The second-order valence-corrected chi connectivity index (χ2v) is 9.51. The van der Waals surface area contributed by atoms with Crippen LogP contribution in [-0.4, -0.2) is 37.7 Å². The number of hydrazine groups is 1. The summed E-state index contributed by atoms with van der Waals surface area (Å²) in [6.45, 7) is 7.41. The lowest BCUT2D eigenvalue weighted by molar-refractivity contribution is -0.123. The fourth-order valence-electron chi connectivity index (χ4n) is 3.13. The van der Waals surface area contributed by atoms with Gasteiger partial charge < -0.3 is 14.2 Å². The van der Waals surface area contributed by atoms with Gasteiger partial charge >= 0.3 is 0 Å². The lowest BCUT2D eigenvalue weighted by Crippen LogP contribution is -2.43. The summed E-state index contributed by atoms with van der Waals surface area (Å²) in [6.07, 6.45) is 2.20. The Morgan fingerprint density at radius 3 is 2.47 bits per heavy atom. The van der Waals surface area contributed by atoms with Crippen molar-refractivity contribution < 1.29 is 23.8 Å². The number of hydrogen-bond donors (Lipinski definition) is 2. The summed E-state index contributed by atoms with van der Waals surface area (Å²) in [7, 11) is 0. The maximum absolute atomic E-state index is 12.3. The molecule has 1 aliphatic rings. The second-order valence-electron chi connectivity index (χ2n) is 8.66. The van der Waals surface area contributed by atoms with Gasteiger partial charge in [-0.25, -0.2) is 0 Å². The Kier molecular flexibility index (Phi) is 8.15. The number of halogens is 1. The molecule has 0 aromatic heterocycles. The zero-order chi connectivity index (χ0) is 23.1. The predicted octanol–water partition coefficient (Wildman–Crippen LogP) is 4.14. The molecular weight excluding hydrogens is 476 g/mol. The molecule has 2 aromatic carbocycles. The van der Waals surface area contributed by atoms with E-state index < -0.39 is 11.8 Å². The van der Waals surface area contributed by atoms with Crippen LogP contribution < -0.4 is 20.3 Å². The highest BCUT2D eigenvalue weighted by Crippen LogP contribution is 2.31. The van der Waals surface area contributed by atoms with Crippen molar-refractivity contribution in [2.45, 2.75) is 45.1 Å². The Bertz CT molecular complexity index is 934. The van der Waals surface area contributed by atoms with E-state index >= 15 is 0 Å². The van der Waals surface area contributed by atoms with Gasteiger partial charge in [0.15, 0.2) is 6.61 Å². The van der Waals surface area contributed by atoms with Crippen molar-refractivity contribution in [2.24, 2.45) is 0 Å². The Morgan fingerprint density at radius 1 is 1.09 bits per heavy atom. The summed E-state index contributed by atoms with van der Waals surface area (Å²) in [4.78, 5) is 24.3. The number of benzene rings is 2. The van der Waals surface area contributed by atoms with Crippen LogP contribution in [0.4, 0.5) is 0 Å². The van der Waals surface area contributed by atoms with Gasteiger partial charge in [-0.2, -0.15) is 0 Å². The first kappa shape index (κ1) is 24.1. The molecule has 1 aliphatic heterocycles. The Morgan fingerprint density at radius 2 is 1.84 bits per heavy atom. The van der Waals surface area contributed by atoms with E-state index in [0.29, 0.717) is 23.7 Å². The molecule has 1 fully saturated rings. The first-order valence-electron chi connectivity index (χ1n) is 10.6. The van der Waals surface area contributed by atoms with Crippen molar-refractivity contribution in [2.75, 3.05) is 19.8 Å². The molecule has 1 unspecified atom stereocenters. The van der Waals surface area contributed by atoms with Gasteiger partial charge in [0.1, 0.15) is 18.1 Å². The molecule has 3 rings (SSSR count). The lowest BCUT2D eigenvalue weighted by Gasteiger charge is -2.20. The Balaban J connectivity index is 1.42. The van der Waals surface area contributed by atoms with E-state index in [1.165, 1.54) is 0 Å². The van der Waals surface area contributed by atoms with Crippen molar-refractivity contribution in [1.82, 2.24) is 10.9 Å². The fraction of sp³-hybridized carbons (Fsp3) is 0.417. The molecule has 1 heterocycles. The number of amides is 2.